The smallest absolute Gasteiger partial charge is 0.271 e. The van der Waals surface area contributed by atoms with Crippen molar-refractivity contribution >= 4 is 17.3 Å². The van der Waals surface area contributed by atoms with E-state index < -0.39 is 0 Å². The monoisotopic (exact) mass is 344 g/mol. The number of carbonyl (C=O) groups excluding carboxylic acids is 1. The van der Waals surface area contributed by atoms with E-state index in [2.05, 4.69) is 10.2 Å². The molecule has 4 rings (SSSR count). The van der Waals surface area contributed by atoms with Crippen LogP contribution in [0.5, 0.6) is 0 Å². The SMILES string of the molecule is O=C(C1CC12CCNCC2)N1CCN(c2cccc([N+](=O)[O-])c2)CC1. The zero-order chi connectivity index (χ0) is 17.4. The molecule has 2 saturated heterocycles. The van der Waals surface area contributed by atoms with Crippen LogP contribution in [0.1, 0.15) is 19.3 Å². The molecule has 1 aromatic rings. The molecule has 2 heterocycles. The van der Waals surface area contributed by atoms with Gasteiger partial charge in [0.1, 0.15) is 0 Å². The van der Waals surface area contributed by atoms with Gasteiger partial charge in [0, 0.05) is 49.9 Å². The fourth-order valence-corrected chi connectivity index (χ4v) is 4.38. The second-order valence-corrected chi connectivity index (χ2v) is 7.46. The summed E-state index contributed by atoms with van der Waals surface area (Å²) in [4.78, 5) is 27.5. The summed E-state index contributed by atoms with van der Waals surface area (Å²) >= 11 is 0. The molecule has 7 heteroatoms. The van der Waals surface area contributed by atoms with Crippen molar-refractivity contribution in [3.63, 3.8) is 0 Å². The molecule has 0 bridgehead atoms. The Morgan fingerprint density at radius 3 is 2.60 bits per heavy atom. The van der Waals surface area contributed by atoms with Crippen LogP contribution in [0.25, 0.3) is 0 Å². The van der Waals surface area contributed by atoms with E-state index >= 15 is 0 Å². The molecule has 1 N–H and O–H groups in total. The highest BCUT2D eigenvalue weighted by Crippen LogP contribution is 2.59. The maximum Gasteiger partial charge on any atom is 0.271 e. The lowest BCUT2D eigenvalue weighted by atomic mass is 9.91. The Kier molecular flexibility index (Phi) is 4.11. The van der Waals surface area contributed by atoms with Gasteiger partial charge in [0.15, 0.2) is 0 Å². The molecule has 1 aromatic carbocycles. The summed E-state index contributed by atoms with van der Waals surface area (Å²) in [5.74, 6) is 0.541. The molecule has 0 radical (unpaired) electrons. The number of piperidine rings is 1. The number of amides is 1. The first kappa shape index (κ1) is 16.3. The van der Waals surface area contributed by atoms with Crippen LogP contribution in [-0.4, -0.2) is 55.0 Å². The third-order valence-electron chi connectivity index (χ3n) is 6.08. The number of hydrogen-bond donors (Lipinski definition) is 1. The van der Waals surface area contributed by atoms with E-state index in [1.165, 1.54) is 6.07 Å². The van der Waals surface area contributed by atoms with E-state index in [1.807, 2.05) is 11.0 Å². The number of nitro groups is 1. The molecule has 3 aliphatic rings. The number of piperazine rings is 1. The molecule has 1 spiro atoms. The number of hydrogen-bond acceptors (Lipinski definition) is 5. The molecule has 1 saturated carbocycles. The first-order valence-corrected chi connectivity index (χ1v) is 9.08. The average Bonchev–Trinajstić information content (AvgIpc) is 3.34. The van der Waals surface area contributed by atoms with Crippen molar-refractivity contribution in [1.29, 1.82) is 0 Å². The highest BCUT2D eigenvalue weighted by Gasteiger charge is 2.58. The summed E-state index contributed by atoms with van der Waals surface area (Å²) in [5, 5.41) is 14.3. The number of non-ortho nitro benzene ring substituents is 1. The van der Waals surface area contributed by atoms with E-state index in [0.29, 0.717) is 19.0 Å². The normalized spacial score (nSPS) is 25.0. The van der Waals surface area contributed by atoms with Gasteiger partial charge in [0.25, 0.3) is 5.69 Å². The Morgan fingerprint density at radius 1 is 1.20 bits per heavy atom. The van der Waals surface area contributed by atoms with E-state index in [4.69, 9.17) is 0 Å². The lowest BCUT2D eigenvalue weighted by Gasteiger charge is -2.36. The molecule has 3 fully saturated rings. The lowest BCUT2D eigenvalue weighted by molar-refractivity contribution is -0.384. The van der Waals surface area contributed by atoms with Crippen LogP contribution >= 0.6 is 0 Å². The van der Waals surface area contributed by atoms with Gasteiger partial charge < -0.3 is 15.1 Å². The summed E-state index contributed by atoms with van der Waals surface area (Å²) in [7, 11) is 0. The maximum atomic E-state index is 12.8. The topological polar surface area (TPSA) is 78.7 Å². The number of anilines is 1. The highest BCUT2D eigenvalue weighted by atomic mass is 16.6. The van der Waals surface area contributed by atoms with Crippen molar-refractivity contribution in [2.24, 2.45) is 11.3 Å². The largest absolute Gasteiger partial charge is 0.368 e. The number of nitro benzene ring substituents is 1. The third-order valence-corrected chi connectivity index (χ3v) is 6.08. The van der Waals surface area contributed by atoms with Gasteiger partial charge in [-0.2, -0.15) is 0 Å². The van der Waals surface area contributed by atoms with Crippen molar-refractivity contribution in [2.75, 3.05) is 44.2 Å². The first-order chi connectivity index (χ1) is 12.1. The number of carbonyl (C=O) groups is 1. The Balaban J connectivity index is 1.35. The number of rotatable bonds is 3. The van der Waals surface area contributed by atoms with Gasteiger partial charge in [-0.1, -0.05) is 6.07 Å². The van der Waals surface area contributed by atoms with Gasteiger partial charge >= 0.3 is 0 Å². The van der Waals surface area contributed by atoms with Crippen LogP contribution < -0.4 is 10.2 Å². The molecule has 1 unspecified atom stereocenters. The Morgan fingerprint density at radius 2 is 1.92 bits per heavy atom. The Labute approximate surface area is 147 Å². The first-order valence-electron chi connectivity index (χ1n) is 9.08. The second-order valence-electron chi connectivity index (χ2n) is 7.46. The number of benzene rings is 1. The van der Waals surface area contributed by atoms with Crippen molar-refractivity contribution in [2.45, 2.75) is 19.3 Å². The Bertz CT molecular complexity index is 679. The molecule has 1 aliphatic carbocycles. The predicted octanol–water partition coefficient (Wildman–Crippen LogP) is 1.63. The average molecular weight is 344 g/mol. The molecule has 1 amide bonds. The molecule has 134 valence electrons. The summed E-state index contributed by atoms with van der Waals surface area (Å²) in [6.07, 6.45) is 3.30. The van der Waals surface area contributed by atoms with Crippen LogP contribution in [0.2, 0.25) is 0 Å². The van der Waals surface area contributed by atoms with Gasteiger partial charge in [-0.15, -0.1) is 0 Å². The quantitative estimate of drug-likeness (QED) is 0.666. The second kappa shape index (κ2) is 6.29. The zero-order valence-electron chi connectivity index (χ0n) is 14.3. The summed E-state index contributed by atoms with van der Waals surface area (Å²) in [5.41, 5.74) is 1.25. The van der Waals surface area contributed by atoms with Crippen LogP contribution in [0.3, 0.4) is 0 Å². The van der Waals surface area contributed by atoms with Gasteiger partial charge in [0.2, 0.25) is 5.91 Å². The van der Waals surface area contributed by atoms with Gasteiger partial charge in [-0.05, 0) is 43.8 Å². The maximum absolute atomic E-state index is 12.8. The van der Waals surface area contributed by atoms with Crippen LogP contribution in [0.4, 0.5) is 11.4 Å². The van der Waals surface area contributed by atoms with E-state index in [1.54, 1.807) is 12.1 Å². The molecule has 25 heavy (non-hydrogen) atoms. The van der Waals surface area contributed by atoms with Gasteiger partial charge in [0.05, 0.1) is 4.92 Å². The fourth-order valence-electron chi connectivity index (χ4n) is 4.38. The minimum absolute atomic E-state index is 0.113. The van der Waals surface area contributed by atoms with Crippen molar-refractivity contribution in [3.05, 3.63) is 34.4 Å². The number of nitrogens with zero attached hydrogens (tertiary/aromatic N) is 3. The minimum atomic E-state index is -0.366. The van der Waals surface area contributed by atoms with Gasteiger partial charge in [-0.3, -0.25) is 14.9 Å². The summed E-state index contributed by atoms with van der Waals surface area (Å²) in [6.45, 7) is 4.93. The minimum Gasteiger partial charge on any atom is -0.368 e. The molecular weight excluding hydrogens is 320 g/mol. The van der Waals surface area contributed by atoms with Crippen molar-refractivity contribution in [3.8, 4) is 0 Å². The fraction of sp³-hybridized carbons (Fsp3) is 0.611. The number of nitrogens with one attached hydrogen (secondary N) is 1. The molecule has 2 aliphatic heterocycles. The predicted molar refractivity (Wildman–Crippen MR) is 94.5 cm³/mol. The standard InChI is InChI=1S/C18H24N4O3/c23-17(16-13-18(16)4-6-19-7-5-18)21-10-8-20(9-11-21)14-2-1-3-15(12-14)22(24)25/h1-3,12,16,19H,4-11,13H2. The van der Waals surface area contributed by atoms with Crippen molar-refractivity contribution < 1.29 is 9.72 Å². The van der Waals surface area contributed by atoms with E-state index in [-0.39, 0.29) is 21.9 Å². The van der Waals surface area contributed by atoms with Crippen molar-refractivity contribution in [1.82, 2.24) is 10.2 Å². The molecule has 0 aromatic heterocycles. The van der Waals surface area contributed by atoms with Crippen LogP contribution in [0.15, 0.2) is 24.3 Å². The highest BCUT2D eigenvalue weighted by molar-refractivity contribution is 5.83. The Hall–Kier alpha value is -2.15. The molecular formula is C18H24N4O3. The third kappa shape index (κ3) is 3.08. The summed E-state index contributed by atoms with van der Waals surface area (Å²) < 4.78 is 0. The van der Waals surface area contributed by atoms with E-state index in [0.717, 1.165) is 51.1 Å². The van der Waals surface area contributed by atoms with E-state index in [9.17, 15) is 14.9 Å². The molecule has 1 atom stereocenters. The van der Waals surface area contributed by atoms with Crippen LogP contribution in [-0.2, 0) is 4.79 Å². The zero-order valence-corrected chi connectivity index (χ0v) is 14.3. The molecule has 7 nitrogen and oxygen atoms in total. The lowest BCUT2D eigenvalue weighted by Crippen LogP contribution is -2.49. The van der Waals surface area contributed by atoms with Gasteiger partial charge in [-0.25, -0.2) is 0 Å². The van der Waals surface area contributed by atoms with Crippen LogP contribution in [0, 0.1) is 21.4 Å². The summed E-state index contributed by atoms with van der Waals surface area (Å²) in [6, 6.07) is 6.74.